The van der Waals surface area contributed by atoms with Crippen LogP contribution >= 0.6 is 27.3 Å². The Balaban J connectivity index is 1.51. The molecule has 2 nitrogen and oxygen atoms in total. The van der Waals surface area contributed by atoms with Crippen LogP contribution in [0.5, 0.6) is 0 Å². The maximum absolute atomic E-state index is 3.50. The molecule has 0 aromatic carbocycles. The van der Waals surface area contributed by atoms with Gasteiger partial charge < -0.3 is 10.2 Å². The third-order valence-corrected chi connectivity index (χ3v) is 4.58. The minimum atomic E-state index is 1.01. The highest BCUT2D eigenvalue weighted by Gasteiger charge is 2.09. The van der Waals surface area contributed by atoms with Gasteiger partial charge in [-0.25, -0.2) is 0 Å². The molecular formula is C12H19BrN2S. The normalized spacial score (nSPS) is 17.1. The first kappa shape index (κ1) is 12.6. The molecule has 0 atom stereocenters. The highest BCUT2D eigenvalue weighted by atomic mass is 79.9. The van der Waals surface area contributed by atoms with Crippen molar-refractivity contribution in [2.45, 2.75) is 25.8 Å². The van der Waals surface area contributed by atoms with Gasteiger partial charge in [0.1, 0.15) is 0 Å². The third kappa shape index (κ3) is 4.17. The van der Waals surface area contributed by atoms with Crippen molar-refractivity contribution >= 4 is 27.3 Å². The molecule has 4 heteroatoms. The molecule has 90 valence electrons. The van der Waals surface area contributed by atoms with Crippen LogP contribution in [0.2, 0.25) is 0 Å². The Morgan fingerprint density at radius 3 is 2.81 bits per heavy atom. The van der Waals surface area contributed by atoms with Gasteiger partial charge in [0, 0.05) is 11.4 Å². The zero-order valence-corrected chi connectivity index (χ0v) is 11.9. The summed E-state index contributed by atoms with van der Waals surface area (Å²) >= 11 is 5.30. The van der Waals surface area contributed by atoms with E-state index in [2.05, 4.69) is 38.3 Å². The van der Waals surface area contributed by atoms with E-state index in [-0.39, 0.29) is 0 Å². The molecule has 0 bridgehead atoms. The van der Waals surface area contributed by atoms with Crippen LogP contribution in [0.25, 0.3) is 0 Å². The first-order chi connectivity index (χ1) is 7.84. The fourth-order valence-electron chi connectivity index (χ4n) is 2.09. The number of likely N-dealkylation sites (tertiary alicyclic amines) is 1. The average Bonchev–Trinajstić information content (AvgIpc) is 2.89. The van der Waals surface area contributed by atoms with Crippen LogP contribution < -0.4 is 5.32 Å². The zero-order valence-electron chi connectivity index (χ0n) is 9.54. The summed E-state index contributed by atoms with van der Waals surface area (Å²) in [6.45, 7) is 6.04. The van der Waals surface area contributed by atoms with Crippen molar-refractivity contribution in [1.29, 1.82) is 0 Å². The molecule has 0 spiro atoms. The van der Waals surface area contributed by atoms with Crippen LogP contribution in [0.4, 0.5) is 0 Å². The topological polar surface area (TPSA) is 15.3 Å². The molecule has 0 amide bonds. The van der Waals surface area contributed by atoms with Gasteiger partial charge in [0.25, 0.3) is 0 Å². The summed E-state index contributed by atoms with van der Waals surface area (Å²) < 4.78 is 1.22. The molecule has 1 aromatic rings. The Morgan fingerprint density at radius 1 is 1.31 bits per heavy atom. The molecule has 1 N–H and O–H groups in total. The Morgan fingerprint density at radius 2 is 2.12 bits per heavy atom. The standard InChI is InChI=1S/C12H19BrN2S/c13-12-5-4-11(16-12)10-14-6-3-9-15-7-1-2-8-15/h4-5,14H,1-3,6-10H2. The molecule has 2 rings (SSSR count). The van der Waals surface area contributed by atoms with E-state index in [0.717, 1.165) is 13.1 Å². The van der Waals surface area contributed by atoms with Crippen molar-refractivity contribution in [1.82, 2.24) is 10.2 Å². The largest absolute Gasteiger partial charge is 0.312 e. The van der Waals surface area contributed by atoms with Gasteiger partial charge in [0.15, 0.2) is 0 Å². The van der Waals surface area contributed by atoms with E-state index in [4.69, 9.17) is 0 Å². The fourth-order valence-corrected chi connectivity index (χ4v) is 3.55. The SMILES string of the molecule is Brc1ccc(CNCCCN2CCCC2)s1. The van der Waals surface area contributed by atoms with E-state index in [1.165, 1.54) is 47.6 Å². The van der Waals surface area contributed by atoms with E-state index in [0.29, 0.717) is 0 Å². The molecule has 1 aromatic heterocycles. The van der Waals surface area contributed by atoms with E-state index < -0.39 is 0 Å². The number of thiophene rings is 1. The maximum atomic E-state index is 3.50. The average molecular weight is 303 g/mol. The number of hydrogen-bond acceptors (Lipinski definition) is 3. The Bertz CT molecular complexity index is 308. The molecule has 16 heavy (non-hydrogen) atoms. The lowest BCUT2D eigenvalue weighted by Crippen LogP contribution is -2.24. The van der Waals surface area contributed by atoms with Gasteiger partial charge in [-0.2, -0.15) is 0 Å². The van der Waals surface area contributed by atoms with Crippen molar-refractivity contribution in [3.8, 4) is 0 Å². The zero-order chi connectivity index (χ0) is 11.2. The van der Waals surface area contributed by atoms with Gasteiger partial charge in [-0.3, -0.25) is 0 Å². The van der Waals surface area contributed by atoms with Crippen molar-refractivity contribution in [2.75, 3.05) is 26.2 Å². The molecule has 0 saturated carbocycles. The quantitative estimate of drug-likeness (QED) is 0.813. The molecule has 0 aliphatic carbocycles. The van der Waals surface area contributed by atoms with E-state index in [1.54, 1.807) is 0 Å². The van der Waals surface area contributed by atoms with Crippen molar-refractivity contribution in [2.24, 2.45) is 0 Å². The van der Waals surface area contributed by atoms with Crippen molar-refractivity contribution in [3.63, 3.8) is 0 Å². The first-order valence-electron chi connectivity index (χ1n) is 6.02. The van der Waals surface area contributed by atoms with E-state index >= 15 is 0 Å². The Kier molecular flexibility index (Phi) is 5.29. The number of hydrogen-bond donors (Lipinski definition) is 1. The molecule has 0 unspecified atom stereocenters. The highest BCUT2D eigenvalue weighted by Crippen LogP contribution is 2.21. The molecule has 1 fully saturated rings. The van der Waals surface area contributed by atoms with E-state index in [1.807, 2.05) is 11.3 Å². The number of nitrogens with one attached hydrogen (secondary N) is 1. The Labute approximate surface area is 110 Å². The molecule has 2 heterocycles. The molecule has 0 radical (unpaired) electrons. The summed E-state index contributed by atoms with van der Waals surface area (Å²) in [4.78, 5) is 3.98. The van der Waals surface area contributed by atoms with Gasteiger partial charge in [-0.15, -0.1) is 11.3 Å². The number of nitrogens with zero attached hydrogens (tertiary/aromatic N) is 1. The summed E-state index contributed by atoms with van der Waals surface area (Å²) in [5.41, 5.74) is 0. The second-order valence-corrected chi connectivity index (χ2v) is 6.83. The highest BCUT2D eigenvalue weighted by molar-refractivity contribution is 9.11. The summed E-state index contributed by atoms with van der Waals surface area (Å²) in [6, 6.07) is 4.30. The maximum Gasteiger partial charge on any atom is 0.0701 e. The molecular weight excluding hydrogens is 284 g/mol. The van der Waals surface area contributed by atoms with Crippen LogP contribution in [-0.4, -0.2) is 31.1 Å². The van der Waals surface area contributed by atoms with Gasteiger partial charge in [-0.1, -0.05) is 0 Å². The smallest absolute Gasteiger partial charge is 0.0701 e. The van der Waals surface area contributed by atoms with Gasteiger partial charge in [-0.05, 0) is 73.5 Å². The fraction of sp³-hybridized carbons (Fsp3) is 0.667. The second kappa shape index (κ2) is 6.74. The van der Waals surface area contributed by atoms with Crippen LogP contribution in [0.15, 0.2) is 15.9 Å². The minimum Gasteiger partial charge on any atom is -0.312 e. The van der Waals surface area contributed by atoms with Crippen LogP contribution in [0, 0.1) is 0 Å². The van der Waals surface area contributed by atoms with Crippen molar-refractivity contribution < 1.29 is 0 Å². The first-order valence-corrected chi connectivity index (χ1v) is 7.63. The van der Waals surface area contributed by atoms with Gasteiger partial charge in [0.2, 0.25) is 0 Å². The lowest BCUT2D eigenvalue weighted by atomic mass is 10.3. The molecule has 1 saturated heterocycles. The minimum absolute atomic E-state index is 1.01. The van der Waals surface area contributed by atoms with E-state index in [9.17, 15) is 0 Å². The molecule has 1 aliphatic rings. The molecule has 1 aliphatic heterocycles. The lowest BCUT2D eigenvalue weighted by molar-refractivity contribution is 0.331. The predicted octanol–water partition coefficient (Wildman–Crippen LogP) is 3.09. The third-order valence-electron chi connectivity index (χ3n) is 2.95. The summed E-state index contributed by atoms with van der Waals surface area (Å²) in [7, 11) is 0. The monoisotopic (exact) mass is 302 g/mol. The summed E-state index contributed by atoms with van der Waals surface area (Å²) in [6.07, 6.45) is 4.07. The van der Waals surface area contributed by atoms with Gasteiger partial charge >= 0.3 is 0 Å². The number of rotatable bonds is 6. The van der Waals surface area contributed by atoms with Gasteiger partial charge in [0.05, 0.1) is 3.79 Å². The van der Waals surface area contributed by atoms with Crippen LogP contribution in [0.3, 0.4) is 0 Å². The number of halogens is 1. The summed E-state index contributed by atoms with van der Waals surface area (Å²) in [5, 5.41) is 3.50. The van der Waals surface area contributed by atoms with Crippen LogP contribution in [-0.2, 0) is 6.54 Å². The van der Waals surface area contributed by atoms with Crippen molar-refractivity contribution in [3.05, 3.63) is 20.8 Å². The Hall–Kier alpha value is 0.1000. The summed E-state index contributed by atoms with van der Waals surface area (Å²) in [5.74, 6) is 0. The second-order valence-electron chi connectivity index (χ2n) is 4.28. The predicted molar refractivity (Wildman–Crippen MR) is 74.0 cm³/mol. The van der Waals surface area contributed by atoms with Crippen LogP contribution in [0.1, 0.15) is 24.1 Å². The lowest BCUT2D eigenvalue weighted by Gasteiger charge is -2.13.